The first-order valence-electron chi connectivity index (χ1n) is 4.61. The highest BCUT2D eigenvalue weighted by atomic mass is 16.5. The van der Waals surface area contributed by atoms with Crippen LogP contribution in [0, 0.1) is 6.92 Å². The second kappa shape index (κ2) is 4.83. The van der Waals surface area contributed by atoms with Crippen LogP contribution in [0.15, 0.2) is 18.2 Å². The molecule has 0 aliphatic heterocycles. The van der Waals surface area contributed by atoms with Crippen LogP contribution in [0.5, 0.6) is 5.75 Å². The van der Waals surface area contributed by atoms with Crippen LogP contribution >= 0.6 is 0 Å². The fourth-order valence-electron chi connectivity index (χ4n) is 1.32. The van der Waals surface area contributed by atoms with Gasteiger partial charge in [0.2, 0.25) is 0 Å². The number of ether oxygens (including phenoxy) is 1. The van der Waals surface area contributed by atoms with E-state index in [0.717, 1.165) is 23.5 Å². The number of aryl methyl sites for hydroxylation is 1. The smallest absolute Gasteiger partial charge is 0.123 e. The van der Waals surface area contributed by atoms with Crippen LogP contribution in [0.25, 0.3) is 0 Å². The van der Waals surface area contributed by atoms with Crippen molar-refractivity contribution in [2.24, 2.45) is 5.84 Å². The monoisotopic (exact) mass is 195 g/mol. The first-order chi connectivity index (χ1) is 6.72. The average Bonchev–Trinajstić information content (AvgIpc) is 2.22. The molecule has 0 saturated carbocycles. The molecule has 0 spiro atoms. The molecule has 0 unspecified atom stereocenters. The lowest BCUT2D eigenvalue weighted by Gasteiger charge is -2.21. The van der Waals surface area contributed by atoms with E-state index in [1.807, 2.05) is 37.1 Å². The summed E-state index contributed by atoms with van der Waals surface area (Å²) in [6.07, 6.45) is 0. The highest BCUT2D eigenvalue weighted by Crippen LogP contribution is 2.23. The van der Waals surface area contributed by atoms with Gasteiger partial charge in [0.15, 0.2) is 0 Å². The van der Waals surface area contributed by atoms with E-state index in [9.17, 15) is 0 Å². The molecule has 4 heteroatoms. The van der Waals surface area contributed by atoms with Crippen molar-refractivity contribution in [1.82, 2.24) is 5.53 Å². The maximum Gasteiger partial charge on any atom is 0.123 e. The predicted octanol–water partition coefficient (Wildman–Crippen LogP) is 1.21. The highest BCUT2D eigenvalue weighted by molar-refractivity contribution is 5.52. The van der Waals surface area contributed by atoms with Gasteiger partial charge in [-0.25, -0.2) is 0 Å². The Labute approximate surface area is 84.6 Å². The van der Waals surface area contributed by atoms with Crippen molar-refractivity contribution < 1.29 is 4.74 Å². The van der Waals surface area contributed by atoms with Gasteiger partial charge >= 0.3 is 0 Å². The van der Waals surface area contributed by atoms with Gasteiger partial charge in [-0.2, -0.15) is 5.53 Å². The van der Waals surface area contributed by atoms with E-state index in [0.29, 0.717) is 0 Å². The van der Waals surface area contributed by atoms with E-state index >= 15 is 0 Å². The lowest BCUT2D eigenvalue weighted by molar-refractivity contribution is 0.411. The summed E-state index contributed by atoms with van der Waals surface area (Å²) in [4.78, 5) is 0. The second-order valence-corrected chi connectivity index (χ2v) is 3.03. The van der Waals surface area contributed by atoms with Crippen LogP contribution in [0.2, 0.25) is 0 Å². The van der Waals surface area contributed by atoms with Crippen LogP contribution in [-0.2, 0) is 0 Å². The first-order valence-corrected chi connectivity index (χ1v) is 4.61. The Hall–Kier alpha value is -1.26. The lowest BCUT2D eigenvalue weighted by atomic mass is 10.2. The van der Waals surface area contributed by atoms with Crippen molar-refractivity contribution in [2.45, 2.75) is 13.8 Å². The molecule has 4 nitrogen and oxygen atoms in total. The van der Waals surface area contributed by atoms with Gasteiger partial charge in [0.25, 0.3) is 0 Å². The molecule has 0 aliphatic rings. The van der Waals surface area contributed by atoms with E-state index in [2.05, 4.69) is 5.53 Å². The summed E-state index contributed by atoms with van der Waals surface area (Å²) in [5.41, 5.74) is 4.73. The third-order valence-corrected chi connectivity index (χ3v) is 2.18. The summed E-state index contributed by atoms with van der Waals surface area (Å²) in [6.45, 7) is 4.82. The summed E-state index contributed by atoms with van der Waals surface area (Å²) in [5, 5.41) is 1.84. The number of methoxy groups -OCH3 is 1. The summed E-state index contributed by atoms with van der Waals surface area (Å²) in [7, 11) is 1.66. The van der Waals surface area contributed by atoms with Gasteiger partial charge in [-0.1, -0.05) is 6.07 Å². The SMILES string of the molecule is CCN(NN)c1ccc(C)c(OC)c1. The number of hydrazine groups is 2. The Balaban J connectivity index is 2.98. The molecule has 14 heavy (non-hydrogen) atoms. The number of hydrogen-bond donors (Lipinski definition) is 2. The molecule has 1 aromatic rings. The van der Waals surface area contributed by atoms with E-state index in [4.69, 9.17) is 10.6 Å². The van der Waals surface area contributed by atoms with E-state index in [1.165, 1.54) is 0 Å². The minimum atomic E-state index is 0.794. The van der Waals surface area contributed by atoms with Gasteiger partial charge in [-0.05, 0) is 25.5 Å². The molecular weight excluding hydrogens is 178 g/mol. The van der Waals surface area contributed by atoms with E-state index in [1.54, 1.807) is 7.11 Å². The third kappa shape index (κ3) is 2.16. The molecule has 78 valence electrons. The molecule has 0 bridgehead atoms. The van der Waals surface area contributed by atoms with Crippen LogP contribution in [0.1, 0.15) is 12.5 Å². The largest absolute Gasteiger partial charge is 0.496 e. The van der Waals surface area contributed by atoms with E-state index in [-0.39, 0.29) is 0 Å². The Bertz CT molecular complexity index is 297. The normalized spacial score (nSPS) is 10.0. The fraction of sp³-hybridized carbons (Fsp3) is 0.400. The predicted molar refractivity (Wildman–Crippen MR) is 58.1 cm³/mol. The van der Waals surface area contributed by atoms with Crippen LogP contribution in [0.4, 0.5) is 5.69 Å². The molecule has 0 amide bonds. The molecule has 0 aromatic heterocycles. The number of nitrogens with zero attached hydrogens (tertiary/aromatic N) is 1. The van der Waals surface area contributed by atoms with Gasteiger partial charge in [-0.15, -0.1) is 0 Å². The Kier molecular flexibility index (Phi) is 3.73. The molecule has 1 aromatic carbocycles. The number of rotatable bonds is 4. The molecule has 3 N–H and O–H groups in total. The van der Waals surface area contributed by atoms with Gasteiger partial charge in [0, 0.05) is 12.6 Å². The molecule has 0 radical (unpaired) electrons. The van der Waals surface area contributed by atoms with Gasteiger partial charge in [0.05, 0.1) is 12.8 Å². The van der Waals surface area contributed by atoms with Crippen molar-refractivity contribution in [1.29, 1.82) is 0 Å². The zero-order valence-corrected chi connectivity index (χ0v) is 8.87. The minimum Gasteiger partial charge on any atom is -0.496 e. The van der Waals surface area contributed by atoms with Crippen LogP contribution in [-0.4, -0.2) is 13.7 Å². The van der Waals surface area contributed by atoms with Gasteiger partial charge in [0.1, 0.15) is 5.75 Å². The maximum absolute atomic E-state index is 5.38. The fourth-order valence-corrected chi connectivity index (χ4v) is 1.32. The molecule has 0 atom stereocenters. The van der Waals surface area contributed by atoms with Crippen molar-refractivity contribution in [3.8, 4) is 5.75 Å². The maximum atomic E-state index is 5.38. The number of nitrogens with one attached hydrogen (secondary N) is 1. The van der Waals surface area contributed by atoms with Crippen molar-refractivity contribution in [2.75, 3.05) is 18.7 Å². The molecule has 0 heterocycles. The Morgan fingerprint density at radius 3 is 2.71 bits per heavy atom. The highest BCUT2D eigenvalue weighted by Gasteiger charge is 2.04. The third-order valence-electron chi connectivity index (χ3n) is 2.18. The molecule has 0 saturated heterocycles. The standard InChI is InChI=1S/C10H17N3O/c1-4-13(12-11)9-6-5-8(2)10(7-9)14-3/h5-7,12H,4,11H2,1-3H3. The summed E-state index contributed by atoms with van der Waals surface area (Å²) < 4.78 is 5.23. The van der Waals surface area contributed by atoms with Crippen molar-refractivity contribution >= 4 is 5.69 Å². The molecule has 0 aliphatic carbocycles. The number of nitrogens with two attached hydrogens (primary N) is 1. The minimum absolute atomic E-state index is 0.794. The first kappa shape index (κ1) is 10.8. The lowest BCUT2D eigenvalue weighted by Crippen LogP contribution is -2.42. The van der Waals surface area contributed by atoms with Crippen LogP contribution in [0.3, 0.4) is 0 Å². The van der Waals surface area contributed by atoms with Gasteiger partial charge in [-0.3, -0.25) is 10.9 Å². The molecule has 0 fully saturated rings. The Morgan fingerprint density at radius 2 is 2.21 bits per heavy atom. The zero-order valence-electron chi connectivity index (χ0n) is 8.87. The van der Waals surface area contributed by atoms with Crippen molar-refractivity contribution in [3.63, 3.8) is 0 Å². The Morgan fingerprint density at radius 1 is 1.50 bits per heavy atom. The average molecular weight is 195 g/mol. The number of benzene rings is 1. The molecule has 1 rings (SSSR count). The topological polar surface area (TPSA) is 50.5 Å². The van der Waals surface area contributed by atoms with Crippen molar-refractivity contribution in [3.05, 3.63) is 23.8 Å². The summed E-state index contributed by atoms with van der Waals surface area (Å²) in [5.74, 6) is 6.25. The quantitative estimate of drug-likeness (QED) is 0.560. The number of hydrogen-bond acceptors (Lipinski definition) is 4. The summed E-state index contributed by atoms with van der Waals surface area (Å²) in [6, 6.07) is 5.97. The summed E-state index contributed by atoms with van der Waals surface area (Å²) >= 11 is 0. The van der Waals surface area contributed by atoms with E-state index < -0.39 is 0 Å². The zero-order chi connectivity index (χ0) is 10.6. The van der Waals surface area contributed by atoms with Gasteiger partial charge < -0.3 is 4.74 Å². The second-order valence-electron chi connectivity index (χ2n) is 3.03. The van der Waals surface area contributed by atoms with Crippen LogP contribution < -0.4 is 21.1 Å². The number of anilines is 1. The molecular formula is C10H17N3O.